The molecule has 17 heavy (non-hydrogen) atoms. The molecule has 1 atom stereocenters. The van der Waals surface area contributed by atoms with Crippen molar-refractivity contribution < 1.29 is 4.74 Å². The predicted molar refractivity (Wildman–Crippen MR) is 70.1 cm³/mol. The first-order valence-electron chi connectivity index (χ1n) is 5.50. The number of halogens is 2. The molecule has 0 aliphatic carbocycles. The van der Waals surface area contributed by atoms with Crippen molar-refractivity contribution in [1.82, 2.24) is 10.3 Å². The van der Waals surface area contributed by atoms with E-state index in [0.29, 0.717) is 10.2 Å². The Morgan fingerprint density at radius 1 is 1.53 bits per heavy atom. The summed E-state index contributed by atoms with van der Waals surface area (Å²) in [4.78, 5) is 6.26. The number of nitrogens with one attached hydrogen (secondary N) is 1. The highest BCUT2D eigenvalue weighted by Crippen LogP contribution is 2.25. The molecule has 1 aliphatic rings. The molecule has 1 unspecified atom stereocenters. The van der Waals surface area contributed by atoms with Crippen molar-refractivity contribution in [3.8, 4) is 0 Å². The van der Waals surface area contributed by atoms with Gasteiger partial charge in [-0.15, -0.1) is 0 Å². The van der Waals surface area contributed by atoms with Gasteiger partial charge in [0.1, 0.15) is 5.15 Å². The van der Waals surface area contributed by atoms with Gasteiger partial charge in [-0.05, 0) is 6.07 Å². The maximum atomic E-state index is 5.98. The van der Waals surface area contributed by atoms with Crippen LogP contribution in [0, 0.1) is 0 Å². The van der Waals surface area contributed by atoms with Crippen molar-refractivity contribution in [1.29, 1.82) is 0 Å². The molecular formula is C11H15Cl2N3O. The van der Waals surface area contributed by atoms with Gasteiger partial charge in [0.2, 0.25) is 0 Å². The van der Waals surface area contributed by atoms with Crippen molar-refractivity contribution in [3.63, 3.8) is 0 Å². The molecule has 0 aromatic carbocycles. The number of rotatable bonds is 2. The molecule has 6 heteroatoms. The normalized spacial score (nSPS) is 21.4. The zero-order valence-electron chi connectivity index (χ0n) is 9.62. The first-order valence-corrected chi connectivity index (χ1v) is 6.26. The minimum Gasteiger partial charge on any atom is -0.378 e. The summed E-state index contributed by atoms with van der Waals surface area (Å²) in [5.41, 5.74) is 0.977. The first kappa shape index (κ1) is 12.9. The summed E-state index contributed by atoms with van der Waals surface area (Å²) in [6.07, 6.45) is 1.92. The molecule has 1 aliphatic heterocycles. The van der Waals surface area contributed by atoms with E-state index in [2.05, 4.69) is 15.2 Å². The summed E-state index contributed by atoms with van der Waals surface area (Å²) in [6, 6.07) is 1.84. The fraction of sp³-hybridized carbons (Fsp3) is 0.545. The Bertz CT molecular complexity index is 389. The fourth-order valence-corrected chi connectivity index (χ4v) is 2.12. The second-order valence-electron chi connectivity index (χ2n) is 3.97. The predicted octanol–water partition coefficient (Wildman–Crippen LogP) is 1.81. The number of pyridine rings is 1. The van der Waals surface area contributed by atoms with E-state index in [9.17, 15) is 0 Å². The van der Waals surface area contributed by atoms with E-state index < -0.39 is 0 Å². The van der Waals surface area contributed by atoms with Crippen molar-refractivity contribution in [2.45, 2.75) is 6.10 Å². The van der Waals surface area contributed by atoms with Crippen LogP contribution in [-0.4, -0.2) is 44.4 Å². The molecule has 1 fully saturated rings. The van der Waals surface area contributed by atoms with Crippen LogP contribution in [0.15, 0.2) is 12.3 Å². The second kappa shape index (κ2) is 5.87. The van der Waals surface area contributed by atoms with Crippen LogP contribution in [0.2, 0.25) is 10.2 Å². The molecule has 1 aromatic rings. The summed E-state index contributed by atoms with van der Waals surface area (Å²) in [7, 11) is 1.73. The van der Waals surface area contributed by atoms with Gasteiger partial charge in [-0.2, -0.15) is 0 Å². The molecule has 2 heterocycles. The Morgan fingerprint density at radius 3 is 3.06 bits per heavy atom. The van der Waals surface area contributed by atoms with Crippen LogP contribution in [-0.2, 0) is 4.74 Å². The van der Waals surface area contributed by atoms with Crippen molar-refractivity contribution >= 4 is 28.9 Å². The Labute approximate surface area is 111 Å². The quantitative estimate of drug-likeness (QED) is 0.836. The van der Waals surface area contributed by atoms with Crippen LogP contribution in [0.25, 0.3) is 0 Å². The van der Waals surface area contributed by atoms with Gasteiger partial charge in [-0.1, -0.05) is 23.2 Å². The standard InChI is InChI=1S/C11H15Cl2N3O/c1-17-9-6-14-2-3-16(7-9)8-4-10(12)11(13)15-5-8/h4-5,9,14H,2-3,6-7H2,1H3. The van der Waals surface area contributed by atoms with Gasteiger partial charge in [0.05, 0.1) is 23.0 Å². The van der Waals surface area contributed by atoms with Gasteiger partial charge in [0.15, 0.2) is 0 Å². The number of hydrogen-bond acceptors (Lipinski definition) is 4. The highest BCUT2D eigenvalue weighted by molar-refractivity contribution is 6.41. The molecule has 2 rings (SSSR count). The molecule has 1 saturated heterocycles. The van der Waals surface area contributed by atoms with E-state index in [1.54, 1.807) is 13.3 Å². The molecular weight excluding hydrogens is 261 g/mol. The summed E-state index contributed by atoms with van der Waals surface area (Å²) in [5, 5.41) is 4.15. The Morgan fingerprint density at radius 2 is 2.35 bits per heavy atom. The molecule has 94 valence electrons. The van der Waals surface area contributed by atoms with E-state index in [1.807, 2.05) is 6.07 Å². The molecule has 0 bridgehead atoms. The van der Waals surface area contributed by atoms with Gasteiger partial charge >= 0.3 is 0 Å². The SMILES string of the molecule is COC1CNCCN(c2cnc(Cl)c(Cl)c2)C1. The summed E-state index contributed by atoms with van der Waals surface area (Å²) in [6.45, 7) is 3.50. The van der Waals surface area contributed by atoms with Crippen LogP contribution >= 0.6 is 23.2 Å². The number of nitrogens with zero attached hydrogens (tertiary/aromatic N) is 2. The van der Waals surface area contributed by atoms with Gasteiger partial charge in [0, 0.05) is 33.3 Å². The number of methoxy groups -OCH3 is 1. The van der Waals surface area contributed by atoms with E-state index in [1.165, 1.54) is 0 Å². The molecule has 0 spiro atoms. The lowest BCUT2D eigenvalue weighted by Crippen LogP contribution is -2.34. The molecule has 0 amide bonds. The van der Waals surface area contributed by atoms with Crippen LogP contribution in [0.3, 0.4) is 0 Å². The number of hydrogen-bond donors (Lipinski definition) is 1. The highest BCUT2D eigenvalue weighted by atomic mass is 35.5. The third-order valence-electron chi connectivity index (χ3n) is 2.83. The van der Waals surface area contributed by atoms with Gasteiger partial charge in [-0.25, -0.2) is 4.98 Å². The fourth-order valence-electron chi connectivity index (χ4n) is 1.86. The van der Waals surface area contributed by atoms with Crippen LogP contribution in [0.4, 0.5) is 5.69 Å². The molecule has 1 N–H and O–H groups in total. The summed E-state index contributed by atoms with van der Waals surface area (Å²) >= 11 is 11.8. The average molecular weight is 276 g/mol. The minimum absolute atomic E-state index is 0.173. The van der Waals surface area contributed by atoms with E-state index >= 15 is 0 Å². The van der Waals surface area contributed by atoms with Crippen LogP contribution < -0.4 is 10.2 Å². The third-order valence-corrected chi connectivity index (χ3v) is 3.52. The first-order chi connectivity index (χ1) is 8.20. The van der Waals surface area contributed by atoms with E-state index in [0.717, 1.165) is 31.9 Å². The zero-order chi connectivity index (χ0) is 12.3. The lowest BCUT2D eigenvalue weighted by atomic mass is 10.3. The van der Waals surface area contributed by atoms with Crippen molar-refractivity contribution in [2.75, 3.05) is 38.2 Å². The molecule has 4 nitrogen and oxygen atoms in total. The highest BCUT2D eigenvalue weighted by Gasteiger charge is 2.18. The Kier molecular flexibility index (Phi) is 4.45. The summed E-state index contributed by atoms with van der Waals surface area (Å²) < 4.78 is 5.39. The van der Waals surface area contributed by atoms with Crippen molar-refractivity contribution in [2.24, 2.45) is 0 Å². The Balaban J connectivity index is 2.16. The minimum atomic E-state index is 0.173. The maximum absolute atomic E-state index is 5.98. The van der Waals surface area contributed by atoms with Crippen LogP contribution in [0.5, 0.6) is 0 Å². The van der Waals surface area contributed by atoms with Gasteiger partial charge in [-0.3, -0.25) is 0 Å². The van der Waals surface area contributed by atoms with E-state index in [4.69, 9.17) is 27.9 Å². The number of anilines is 1. The van der Waals surface area contributed by atoms with Gasteiger partial charge < -0.3 is 15.0 Å². The smallest absolute Gasteiger partial charge is 0.147 e. The van der Waals surface area contributed by atoms with Crippen molar-refractivity contribution in [3.05, 3.63) is 22.4 Å². The third kappa shape index (κ3) is 3.22. The Hall–Kier alpha value is -0.550. The average Bonchev–Trinajstić information content (AvgIpc) is 2.58. The number of aromatic nitrogens is 1. The molecule has 0 radical (unpaired) electrons. The molecule has 0 saturated carbocycles. The largest absolute Gasteiger partial charge is 0.378 e. The monoisotopic (exact) mass is 275 g/mol. The number of ether oxygens (including phenoxy) is 1. The zero-order valence-corrected chi connectivity index (χ0v) is 11.1. The van der Waals surface area contributed by atoms with E-state index in [-0.39, 0.29) is 6.10 Å². The lowest BCUT2D eigenvalue weighted by Gasteiger charge is -2.25. The second-order valence-corrected chi connectivity index (χ2v) is 4.74. The lowest BCUT2D eigenvalue weighted by molar-refractivity contribution is 0.112. The maximum Gasteiger partial charge on any atom is 0.147 e. The van der Waals surface area contributed by atoms with Gasteiger partial charge in [0.25, 0.3) is 0 Å². The topological polar surface area (TPSA) is 37.4 Å². The summed E-state index contributed by atoms with van der Waals surface area (Å²) in [5.74, 6) is 0. The van der Waals surface area contributed by atoms with Crippen LogP contribution in [0.1, 0.15) is 0 Å². The molecule has 1 aromatic heterocycles.